The van der Waals surface area contributed by atoms with Crippen molar-refractivity contribution in [2.45, 2.75) is 18.9 Å². The molecule has 2 atom stereocenters. The highest BCUT2D eigenvalue weighted by Gasteiger charge is 2.15. The molecule has 0 aromatic carbocycles. The van der Waals surface area contributed by atoms with Gasteiger partial charge in [0.25, 0.3) is 0 Å². The summed E-state index contributed by atoms with van der Waals surface area (Å²) in [6, 6.07) is 0.306. The highest BCUT2D eigenvalue weighted by molar-refractivity contribution is 4.96. The molecule has 4 N–H and O–H groups in total. The molecule has 0 aromatic heterocycles. The Hall–Kier alpha value is -0.340. The molecule has 0 saturated carbocycles. The molecule has 2 nitrogen and oxygen atoms in total. The summed E-state index contributed by atoms with van der Waals surface area (Å²) in [5.74, 6) is 0.523. The quantitative estimate of drug-likeness (QED) is 0.494. The first-order chi connectivity index (χ1) is 4.34. The Labute approximate surface area is 55.9 Å². The van der Waals surface area contributed by atoms with Crippen LogP contribution in [0.15, 0.2) is 12.2 Å². The number of hydrogen-bond acceptors (Lipinski definition) is 2. The zero-order chi connectivity index (χ0) is 6.69. The Morgan fingerprint density at radius 3 is 2.44 bits per heavy atom. The SMILES string of the molecule is NC[C@@H]1CC=CC[C@@H]1N. The summed E-state index contributed by atoms with van der Waals surface area (Å²) in [7, 11) is 0. The van der Waals surface area contributed by atoms with Gasteiger partial charge in [-0.15, -0.1) is 0 Å². The predicted octanol–water partition coefficient (Wildman–Crippen LogP) is 0.239. The summed E-state index contributed by atoms with van der Waals surface area (Å²) >= 11 is 0. The third kappa shape index (κ3) is 1.53. The molecule has 0 bridgehead atoms. The van der Waals surface area contributed by atoms with Crippen LogP contribution in [0.5, 0.6) is 0 Å². The molecule has 0 unspecified atom stereocenters. The molecule has 52 valence electrons. The average molecular weight is 126 g/mol. The summed E-state index contributed by atoms with van der Waals surface area (Å²) < 4.78 is 0. The van der Waals surface area contributed by atoms with Crippen LogP contribution in [-0.2, 0) is 0 Å². The van der Waals surface area contributed by atoms with Gasteiger partial charge in [-0.2, -0.15) is 0 Å². The monoisotopic (exact) mass is 126 g/mol. The van der Waals surface area contributed by atoms with E-state index in [-0.39, 0.29) is 0 Å². The predicted molar refractivity (Wildman–Crippen MR) is 38.9 cm³/mol. The Balaban J connectivity index is 2.43. The van der Waals surface area contributed by atoms with Gasteiger partial charge in [-0.3, -0.25) is 0 Å². The molecule has 0 saturated heterocycles. The van der Waals surface area contributed by atoms with Crippen LogP contribution in [0.2, 0.25) is 0 Å². The van der Waals surface area contributed by atoms with Crippen molar-refractivity contribution in [2.24, 2.45) is 17.4 Å². The zero-order valence-corrected chi connectivity index (χ0v) is 5.59. The second kappa shape index (κ2) is 2.99. The second-order valence-electron chi connectivity index (χ2n) is 2.60. The number of hydrogen-bond donors (Lipinski definition) is 2. The largest absolute Gasteiger partial charge is 0.330 e. The lowest BCUT2D eigenvalue weighted by Gasteiger charge is -2.22. The molecule has 2 heteroatoms. The van der Waals surface area contributed by atoms with Gasteiger partial charge in [-0.25, -0.2) is 0 Å². The minimum absolute atomic E-state index is 0.306. The maximum Gasteiger partial charge on any atom is 0.0117 e. The molecule has 0 aliphatic heterocycles. The Morgan fingerprint density at radius 1 is 1.33 bits per heavy atom. The van der Waals surface area contributed by atoms with Crippen molar-refractivity contribution in [3.63, 3.8) is 0 Å². The van der Waals surface area contributed by atoms with Gasteiger partial charge in [0, 0.05) is 6.04 Å². The topological polar surface area (TPSA) is 52.0 Å². The van der Waals surface area contributed by atoms with Crippen molar-refractivity contribution in [2.75, 3.05) is 6.54 Å². The third-order valence-electron chi connectivity index (χ3n) is 1.92. The maximum atomic E-state index is 5.76. The van der Waals surface area contributed by atoms with E-state index in [9.17, 15) is 0 Å². The molecule has 1 rings (SSSR count). The molecule has 0 heterocycles. The molecule has 0 fully saturated rings. The van der Waals surface area contributed by atoms with Gasteiger partial charge in [0.15, 0.2) is 0 Å². The van der Waals surface area contributed by atoms with E-state index in [1.165, 1.54) is 0 Å². The van der Waals surface area contributed by atoms with E-state index in [1.54, 1.807) is 0 Å². The minimum Gasteiger partial charge on any atom is -0.330 e. The van der Waals surface area contributed by atoms with Crippen molar-refractivity contribution in [3.8, 4) is 0 Å². The van der Waals surface area contributed by atoms with E-state index in [0.717, 1.165) is 19.4 Å². The van der Waals surface area contributed by atoms with E-state index in [0.29, 0.717) is 12.0 Å². The molecule has 0 spiro atoms. The number of allylic oxidation sites excluding steroid dienone is 1. The van der Waals surface area contributed by atoms with Gasteiger partial charge in [0.05, 0.1) is 0 Å². The van der Waals surface area contributed by atoms with Crippen LogP contribution in [0, 0.1) is 5.92 Å². The maximum absolute atomic E-state index is 5.76. The molecule has 0 aromatic rings. The number of rotatable bonds is 1. The first-order valence-corrected chi connectivity index (χ1v) is 3.45. The van der Waals surface area contributed by atoms with Gasteiger partial charge in [-0.05, 0) is 25.3 Å². The van der Waals surface area contributed by atoms with E-state index >= 15 is 0 Å². The lowest BCUT2D eigenvalue weighted by Crippen LogP contribution is -2.35. The highest BCUT2D eigenvalue weighted by Crippen LogP contribution is 2.15. The van der Waals surface area contributed by atoms with E-state index in [2.05, 4.69) is 12.2 Å². The molecular weight excluding hydrogens is 112 g/mol. The van der Waals surface area contributed by atoms with Crippen molar-refractivity contribution in [1.29, 1.82) is 0 Å². The standard InChI is InChI=1S/C7H14N2/c8-5-6-3-1-2-4-7(6)9/h1-2,6-7H,3-5,8-9H2/t6-,7-/m0/s1. The zero-order valence-electron chi connectivity index (χ0n) is 5.59. The fourth-order valence-electron chi connectivity index (χ4n) is 1.16. The average Bonchev–Trinajstić information content (AvgIpc) is 1.89. The van der Waals surface area contributed by atoms with Crippen LogP contribution in [0.3, 0.4) is 0 Å². The van der Waals surface area contributed by atoms with Crippen LogP contribution in [0.25, 0.3) is 0 Å². The Morgan fingerprint density at radius 2 is 2.00 bits per heavy atom. The van der Waals surface area contributed by atoms with Gasteiger partial charge >= 0.3 is 0 Å². The van der Waals surface area contributed by atoms with Crippen LogP contribution >= 0.6 is 0 Å². The minimum atomic E-state index is 0.306. The van der Waals surface area contributed by atoms with Crippen molar-refractivity contribution >= 4 is 0 Å². The lowest BCUT2D eigenvalue weighted by molar-refractivity contribution is 0.420. The molecule has 0 radical (unpaired) electrons. The van der Waals surface area contributed by atoms with E-state index in [4.69, 9.17) is 11.5 Å². The summed E-state index contributed by atoms with van der Waals surface area (Å²) in [5.41, 5.74) is 11.2. The first-order valence-electron chi connectivity index (χ1n) is 3.45. The van der Waals surface area contributed by atoms with Crippen molar-refractivity contribution in [1.82, 2.24) is 0 Å². The van der Waals surface area contributed by atoms with Crippen LogP contribution in [0.1, 0.15) is 12.8 Å². The number of nitrogens with two attached hydrogens (primary N) is 2. The Bertz CT molecular complexity index is 109. The summed E-state index contributed by atoms with van der Waals surface area (Å²) in [4.78, 5) is 0. The van der Waals surface area contributed by atoms with Crippen molar-refractivity contribution in [3.05, 3.63) is 12.2 Å². The molecule has 9 heavy (non-hydrogen) atoms. The second-order valence-corrected chi connectivity index (χ2v) is 2.60. The van der Waals surface area contributed by atoms with Gasteiger partial charge in [0.1, 0.15) is 0 Å². The summed E-state index contributed by atoms with van der Waals surface area (Å²) in [5, 5.41) is 0. The molecular formula is C7H14N2. The highest BCUT2D eigenvalue weighted by atomic mass is 14.7. The van der Waals surface area contributed by atoms with Crippen molar-refractivity contribution < 1.29 is 0 Å². The van der Waals surface area contributed by atoms with Crippen LogP contribution in [0.4, 0.5) is 0 Å². The van der Waals surface area contributed by atoms with Gasteiger partial charge in [0.2, 0.25) is 0 Å². The van der Waals surface area contributed by atoms with E-state index in [1.807, 2.05) is 0 Å². The molecule has 1 aliphatic carbocycles. The van der Waals surface area contributed by atoms with Gasteiger partial charge in [-0.1, -0.05) is 12.2 Å². The summed E-state index contributed by atoms with van der Waals surface area (Å²) in [6.45, 7) is 0.728. The van der Waals surface area contributed by atoms with E-state index < -0.39 is 0 Å². The fourth-order valence-corrected chi connectivity index (χ4v) is 1.16. The lowest BCUT2D eigenvalue weighted by atomic mass is 9.90. The van der Waals surface area contributed by atoms with Gasteiger partial charge < -0.3 is 11.5 Å². The smallest absolute Gasteiger partial charge is 0.0117 e. The molecule has 0 amide bonds. The fraction of sp³-hybridized carbons (Fsp3) is 0.714. The van der Waals surface area contributed by atoms with Crippen LogP contribution in [-0.4, -0.2) is 12.6 Å². The molecule has 1 aliphatic rings. The normalized spacial score (nSPS) is 34.9. The van der Waals surface area contributed by atoms with Crippen LogP contribution < -0.4 is 11.5 Å². The Kier molecular flexibility index (Phi) is 2.25. The summed E-state index contributed by atoms with van der Waals surface area (Å²) in [6.07, 6.45) is 6.37. The first kappa shape index (κ1) is 6.78. The third-order valence-corrected chi connectivity index (χ3v) is 1.92.